The topological polar surface area (TPSA) is 41.8 Å². The Morgan fingerprint density at radius 2 is 1.73 bits per heavy atom. The number of quaternary nitrogens is 1. The van der Waals surface area contributed by atoms with E-state index in [0.717, 1.165) is 25.9 Å². The van der Waals surface area contributed by atoms with Crippen molar-refractivity contribution >= 4 is 10.9 Å². The van der Waals surface area contributed by atoms with Crippen molar-refractivity contribution in [3.05, 3.63) is 71.4 Å². The van der Waals surface area contributed by atoms with Gasteiger partial charge in [-0.15, -0.1) is 0 Å². The molecule has 0 bridgehead atoms. The van der Waals surface area contributed by atoms with E-state index in [2.05, 4.69) is 64.5 Å². The van der Waals surface area contributed by atoms with E-state index in [-0.39, 0.29) is 6.10 Å². The first-order valence-corrected chi connectivity index (χ1v) is 9.95. The molecule has 0 amide bonds. The summed E-state index contributed by atoms with van der Waals surface area (Å²) in [5.74, 6) is 0. The molecule has 0 spiro atoms. The number of benzene rings is 2. The smallest absolute Gasteiger partial charge is 0.121 e. The van der Waals surface area contributed by atoms with Crippen molar-refractivity contribution in [2.75, 3.05) is 13.1 Å². The van der Waals surface area contributed by atoms with Crippen LogP contribution in [0.4, 0.5) is 0 Å². The molecule has 0 saturated carbocycles. The standard InChI is InChI=1S/C23H28N2O/c26-19(16-24-15-14-18-8-2-1-3-9-18)17-25-22-12-6-4-10-20(22)21-11-5-7-13-23(21)25/h1-4,6,8-10,12,19,24,26H,5,7,11,13-17H2/p+1/t19-/m1/s1. The molecular formula is C23H29N2O+. The van der Waals surface area contributed by atoms with E-state index in [1.165, 1.54) is 47.0 Å². The number of nitrogens with zero attached hydrogens (tertiary/aromatic N) is 1. The molecule has 0 unspecified atom stereocenters. The van der Waals surface area contributed by atoms with Gasteiger partial charge in [-0.3, -0.25) is 0 Å². The largest absolute Gasteiger partial charge is 0.385 e. The van der Waals surface area contributed by atoms with Crippen LogP contribution in [0.1, 0.15) is 29.7 Å². The summed E-state index contributed by atoms with van der Waals surface area (Å²) in [6.45, 7) is 2.48. The fraction of sp³-hybridized carbons (Fsp3) is 0.391. The van der Waals surface area contributed by atoms with Gasteiger partial charge in [-0.05, 0) is 42.9 Å². The predicted octanol–water partition coefficient (Wildman–Crippen LogP) is 2.69. The summed E-state index contributed by atoms with van der Waals surface area (Å²) < 4.78 is 2.39. The van der Waals surface area contributed by atoms with E-state index in [9.17, 15) is 5.11 Å². The van der Waals surface area contributed by atoms with E-state index in [0.29, 0.717) is 6.54 Å². The zero-order valence-electron chi connectivity index (χ0n) is 15.4. The van der Waals surface area contributed by atoms with Crippen LogP contribution >= 0.6 is 0 Å². The van der Waals surface area contributed by atoms with Crippen molar-refractivity contribution in [2.45, 2.75) is 44.8 Å². The molecule has 26 heavy (non-hydrogen) atoms. The van der Waals surface area contributed by atoms with Crippen LogP contribution in [0.3, 0.4) is 0 Å². The number of nitrogens with two attached hydrogens (primary N) is 1. The van der Waals surface area contributed by atoms with E-state index >= 15 is 0 Å². The van der Waals surface area contributed by atoms with Crippen molar-refractivity contribution in [1.82, 2.24) is 4.57 Å². The van der Waals surface area contributed by atoms with Crippen LogP contribution < -0.4 is 5.32 Å². The van der Waals surface area contributed by atoms with Gasteiger partial charge in [0.1, 0.15) is 12.6 Å². The highest BCUT2D eigenvalue weighted by atomic mass is 16.3. The number of para-hydroxylation sites is 1. The number of fused-ring (bicyclic) bond motifs is 3. The normalized spacial score (nSPS) is 15.1. The zero-order chi connectivity index (χ0) is 17.8. The number of rotatable bonds is 7. The monoisotopic (exact) mass is 349 g/mol. The molecule has 1 atom stereocenters. The summed E-state index contributed by atoms with van der Waals surface area (Å²) >= 11 is 0. The summed E-state index contributed by atoms with van der Waals surface area (Å²) in [6, 6.07) is 19.3. The molecule has 136 valence electrons. The van der Waals surface area contributed by atoms with Crippen LogP contribution in [0.25, 0.3) is 10.9 Å². The fourth-order valence-electron chi connectivity index (χ4n) is 4.30. The molecule has 3 heteroatoms. The second kappa shape index (κ2) is 8.07. The van der Waals surface area contributed by atoms with Crippen molar-refractivity contribution < 1.29 is 10.4 Å². The molecule has 3 nitrogen and oxygen atoms in total. The molecule has 3 N–H and O–H groups in total. The first kappa shape index (κ1) is 17.3. The zero-order valence-corrected chi connectivity index (χ0v) is 15.4. The van der Waals surface area contributed by atoms with Crippen molar-refractivity contribution in [1.29, 1.82) is 0 Å². The van der Waals surface area contributed by atoms with Gasteiger partial charge >= 0.3 is 0 Å². The molecule has 1 aliphatic rings. The number of aryl methyl sites for hydroxylation is 1. The second-order valence-corrected chi connectivity index (χ2v) is 7.46. The highest BCUT2D eigenvalue weighted by molar-refractivity contribution is 5.85. The van der Waals surface area contributed by atoms with Gasteiger partial charge in [0.05, 0.1) is 13.1 Å². The first-order valence-electron chi connectivity index (χ1n) is 9.95. The van der Waals surface area contributed by atoms with Crippen molar-refractivity contribution in [3.63, 3.8) is 0 Å². The average Bonchev–Trinajstić information content (AvgIpc) is 3.00. The average molecular weight is 349 g/mol. The fourth-order valence-corrected chi connectivity index (χ4v) is 4.30. The van der Waals surface area contributed by atoms with Gasteiger partial charge in [-0.1, -0.05) is 48.5 Å². The van der Waals surface area contributed by atoms with Gasteiger partial charge in [-0.25, -0.2) is 0 Å². The second-order valence-electron chi connectivity index (χ2n) is 7.46. The lowest BCUT2D eigenvalue weighted by Gasteiger charge is -2.18. The summed E-state index contributed by atoms with van der Waals surface area (Å²) in [4.78, 5) is 0. The minimum atomic E-state index is -0.312. The highest BCUT2D eigenvalue weighted by Crippen LogP contribution is 2.32. The summed E-state index contributed by atoms with van der Waals surface area (Å²) in [5, 5.41) is 14.3. The first-order chi connectivity index (χ1) is 12.8. The lowest BCUT2D eigenvalue weighted by Crippen LogP contribution is -2.87. The Morgan fingerprint density at radius 3 is 2.62 bits per heavy atom. The summed E-state index contributed by atoms with van der Waals surface area (Å²) in [6.07, 6.45) is 5.62. The molecular weight excluding hydrogens is 320 g/mol. The lowest BCUT2D eigenvalue weighted by molar-refractivity contribution is -0.660. The minimum absolute atomic E-state index is 0.312. The third-order valence-electron chi connectivity index (χ3n) is 5.60. The maximum atomic E-state index is 10.6. The summed E-state index contributed by atoms with van der Waals surface area (Å²) in [5.41, 5.74) is 5.64. The number of hydrogen-bond donors (Lipinski definition) is 2. The Balaban J connectivity index is 1.39. The molecule has 0 fully saturated rings. The number of aromatic nitrogens is 1. The molecule has 2 aromatic carbocycles. The maximum absolute atomic E-state index is 10.6. The third kappa shape index (κ3) is 3.69. The SMILES string of the molecule is O[C@H](C[NH2+]CCc1ccccc1)Cn1c2c(c3ccccc31)CCCC2. The Bertz CT molecular complexity index is 853. The molecule has 1 heterocycles. The Hall–Kier alpha value is -2.10. The Labute approximate surface area is 155 Å². The molecule has 1 aliphatic carbocycles. The maximum Gasteiger partial charge on any atom is 0.121 e. The molecule has 0 aliphatic heterocycles. The number of hydrogen-bond acceptors (Lipinski definition) is 1. The van der Waals surface area contributed by atoms with Crippen LogP contribution in [0.2, 0.25) is 0 Å². The van der Waals surface area contributed by atoms with Gasteiger partial charge in [0.2, 0.25) is 0 Å². The molecule has 3 aromatic rings. The molecule has 4 rings (SSSR count). The van der Waals surface area contributed by atoms with Crippen molar-refractivity contribution in [2.24, 2.45) is 0 Å². The van der Waals surface area contributed by atoms with E-state index in [1.807, 2.05) is 0 Å². The third-order valence-corrected chi connectivity index (χ3v) is 5.60. The summed E-state index contributed by atoms with van der Waals surface area (Å²) in [7, 11) is 0. The minimum Gasteiger partial charge on any atom is -0.385 e. The van der Waals surface area contributed by atoms with Gasteiger partial charge in [0.15, 0.2) is 0 Å². The van der Waals surface area contributed by atoms with Gasteiger partial charge in [0, 0.05) is 23.0 Å². The Kier molecular flexibility index (Phi) is 5.37. The van der Waals surface area contributed by atoms with Crippen LogP contribution in [-0.4, -0.2) is 28.9 Å². The van der Waals surface area contributed by atoms with Crippen LogP contribution in [0.5, 0.6) is 0 Å². The van der Waals surface area contributed by atoms with Crippen LogP contribution in [-0.2, 0) is 25.8 Å². The molecule has 0 saturated heterocycles. The van der Waals surface area contributed by atoms with Gasteiger partial charge in [0.25, 0.3) is 0 Å². The quantitative estimate of drug-likeness (QED) is 0.633. The molecule has 1 aromatic heterocycles. The van der Waals surface area contributed by atoms with Gasteiger partial charge in [-0.2, -0.15) is 0 Å². The highest BCUT2D eigenvalue weighted by Gasteiger charge is 2.21. The van der Waals surface area contributed by atoms with E-state index in [1.54, 1.807) is 0 Å². The van der Waals surface area contributed by atoms with E-state index < -0.39 is 0 Å². The van der Waals surface area contributed by atoms with E-state index in [4.69, 9.17) is 0 Å². The number of aliphatic hydroxyl groups excluding tert-OH is 1. The lowest BCUT2D eigenvalue weighted by atomic mass is 9.95. The number of aliphatic hydroxyl groups is 1. The van der Waals surface area contributed by atoms with Gasteiger partial charge < -0.3 is 15.0 Å². The molecule has 0 radical (unpaired) electrons. The Morgan fingerprint density at radius 1 is 0.962 bits per heavy atom. The predicted molar refractivity (Wildman–Crippen MR) is 106 cm³/mol. The van der Waals surface area contributed by atoms with Crippen LogP contribution in [0, 0.1) is 0 Å². The van der Waals surface area contributed by atoms with Crippen molar-refractivity contribution in [3.8, 4) is 0 Å². The van der Waals surface area contributed by atoms with Crippen LogP contribution in [0.15, 0.2) is 54.6 Å².